The summed E-state index contributed by atoms with van der Waals surface area (Å²) < 4.78 is 0. The summed E-state index contributed by atoms with van der Waals surface area (Å²) in [5.41, 5.74) is 0. The van der Waals surface area contributed by atoms with Gasteiger partial charge in [-0.2, -0.15) is 0 Å². The molecule has 0 aromatic heterocycles. The highest BCUT2D eigenvalue weighted by Gasteiger charge is 2.24. The number of nitrogens with two attached hydrogens (primary N) is 1. The highest BCUT2D eigenvalue weighted by Crippen LogP contribution is 1.69. The van der Waals surface area contributed by atoms with Crippen molar-refractivity contribution in [2.75, 3.05) is 0 Å². The summed E-state index contributed by atoms with van der Waals surface area (Å²) in [4.78, 5) is 20.6. The average molecular weight is 247 g/mol. The maximum Gasteiger partial charge on any atom is 0.425 e. The molecule has 0 aliphatic carbocycles. The maximum atomic E-state index is 10.3. The Morgan fingerprint density at radius 3 is 2.36 bits per heavy atom. The van der Waals surface area contributed by atoms with Crippen molar-refractivity contribution in [1.29, 1.82) is 0 Å². The molecule has 1 aliphatic heterocycles. The van der Waals surface area contributed by atoms with E-state index in [4.69, 9.17) is 5.11 Å². The van der Waals surface area contributed by atoms with Gasteiger partial charge >= 0.3 is 12.1 Å². The van der Waals surface area contributed by atoms with E-state index in [-0.39, 0.29) is 29.4 Å². The molecule has 0 radical (unpaired) electrons. The molecule has 1 fully saturated rings. The molecule has 1 unspecified atom stereocenters. The Hall–Kier alpha value is -0.370. The van der Waals surface area contributed by atoms with Crippen LogP contribution in [0.2, 0.25) is 0 Å². The normalized spacial score (nSPS) is 22.1. The Labute approximate surface area is 78.9 Å². The van der Waals surface area contributed by atoms with Crippen LogP contribution in [0.1, 0.15) is 0 Å². The van der Waals surface area contributed by atoms with Crippen molar-refractivity contribution < 1.29 is 49.4 Å². The van der Waals surface area contributed by atoms with Crippen LogP contribution in [0.3, 0.4) is 0 Å². The average Bonchev–Trinajstić information content (AvgIpc) is 1.59. The number of imide groups is 1. The number of nitrogens with one attached hydrogen (secondary N) is 2. The van der Waals surface area contributed by atoms with E-state index < -0.39 is 18.4 Å². The van der Waals surface area contributed by atoms with Crippen LogP contribution in [0, 0.1) is 0 Å². The van der Waals surface area contributed by atoms with Crippen LogP contribution < -0.4 is 45.3 Å². The highest BCUT2D eigenvalue weighted by molar-refractivity contribution is 5.90. The van der Waals surface area contributed by atoms with Crippen LogP contribution in [0.15, 0.2) is 0 Å². The molecular weight excluding hydrogens is 241 g/mol. The molecule has 0 spiro atoms. The van der Waals surface area contributed by atoms with Crippen LogP contribution >= 0.6 is 0 Å². The number of halogens is 2. The van der Waals surface area contributed by atoms with E-state index in [1.165, 1.54) is 0 Å². The lowest BCUT2D eigenvalue weighted by Crippen LogP contribution is -3.02. The molecular formula is C3H6BrClN3O3-. The smallest absolute Gasteiger partial charge is 0.425 e. The predicted molar refractivity (Wildman–Crippen MR) is 25.0 cm³/mol. The van der Waals surface area contributed by atoms with Gasteiger partial charge in [0, 0.05) is 0 Å². The third-order valence-electron chi connectivity index (χ3n) is 0.825. The van der Waals surface area contributed by atoms with Gasteiger partial charge in [-0.3, -0.25) is 5.32 Å². The third kappa shape index (κ3) is 4.14. The number of carbonyl (C=O) groups is 2. The molecule has 4 amide bonds. The summed E-state index contributed by atoms with van der Waals surface area (Å²) in [6, 6.07) is -1.25. The molecule has 6 nitrogen and oxygen atoms in total. The Morgan fingerprint density at radius 1 is 1.45 bits per heavy atom. The number of aliphatic hydroxyl groups is 1. The summed E-state index contributed by atoms with van der Waals surface area (Å²) in [7, 11) is 0. The van der Waals surface area contributed by atoms with E-state index in [1.54, 1.807) is 0 Å². The molecule has 1 saturated heterocycles. The number of hydrogen-bond acceptors (Lipinski definition) is 3. The minimum Gasteiger partial charge on any atom is -1.00 e. The Balaban J connectivity index is 0. The van der Waals surface area contributed by atoms with Crippen LogP contribution in [0.5, 0.6) is 0 Å². The Morgan fingerprint density at radius 2 is 2.00 bits per heavy atom. The molecule has 11 heavy (non-hydrogen) atoms. The summed E-state index contributed by atoms with van der Waals surface area (Å²) in [5.74, 6) is 0. The highest BCUT2D eigenvalue weighted by atomic mass is 79.9. The monoisotopic (exact) mass is 246 g/mol. The number of rotatable bonds is 0. The fourth-order valence-electron chi connectivity index (χ4n) is 0.509. The van der Waals surface area contributed by atoms with Gasteiger partial charge in [-0.25, -0.2) is 20.2 Å². The van der Waals surface area contributed by atoms with Gasteiger partial charge in [-0.1, -0.05) is 0 Å². The van der Waals surface area contributed by atoms with Crippen molar-refractivity contribution >= 4 is 12.1 Å². The van der Waals surface area contributed by atoms with Gasteiger partial charge in [-0.15, -0.1) is 0 Å². The number of quaternary nitrogens is 1. The zero-order chi connectivity index (χ0) is 6.85. The lowest BCUT2D eigenvalue weighted by Gasteiger charge is -2.14. The van der Waals surface area contributed by atoms with Crippen molar-refractivity contribution in [3.05, 3.63) is 0 Å². The summed E-state index contributed by atoms with van der Waals surface area (Å²) >= 11 is 0. The van der Waals surface area contributed by atoms with Gasteiger partial charge in [-0.05, 0) is 0 Å². The van der Waals surface area contributed by atoms with Gasteiger partial charge in [0.25, 0.3) is 6.35 Å². The molecule has 1 atom stereocenters. The molecule has 0 aromatic rings. The second-order valence-electron chi connectivity index (χ2n) is 1.57. The third-order valence-corrected chi connectivity index (χ3v) is 0.825. The summed E-state index contributed by atoms with van der Waals surface area (Å²) in [6.07, 6.45) is -1.15. The quantitative estimate of drug-likeness (QED) is 0.342. The van der Waals surface area contributed by atoms with Gasteiger partial charge in [0.1, 0.15) is 0 Å². The van der Waals surface area contributed by atoms with Crippen LogP contribution in [-0.2, 0) is 0 Å². The first kappa shape index (κ1) is 13.2. The predicted octanol–water partition coefficient (Wildman–Crippen LogP) is -8.73. The van der Waals surface area contributed by atoms with Gasteiger partial charge in [0.15, 0.2) is 0 Å². The van der Waals surface area contributed by atoms with Gasteiger partial charge in [0.05, 0.1) is 0 Å². The van der Waals surface area contributed by atoms with E-state index in [1.807, 2.05) is 10.6 Å². The fraction of sp³-hybridized carbons (Fsp3) is 0.333. The van der Waals surface area contributed by atoms with E-state index in [9.17, 15) is 9.59 Å². The van der Waals surface area contributed by atoms with Gasteiger partial charge < -0.3 is 34.5 Å². The fourth-order valence-corrected chi connectivity index (χ4v) is 0.509. The zero-order valence-electron chi connectivity index (χ0n) is 5.17. The number of urea groups is 2. The zero-order valence-corrected chi connectivity index (χ0v) is 7.52. The van der Waals surface area contributed by atoms with Crippen molar-refractivity contribution in [3.63, 3.8) is 0 Å². The van der Waals surface area contributed by atoms with Crippen molar-refractivity contribution in [2.24, 2.45) is 0 Å². The second kappa shape index (κ2) is 5.30. The topological polar surface area (TPSA) is 95.0 Å². The minimum absolute atomic E-state index is 0. The van der Waals surface area contributed by atoms with E-state index >= 15 is 0 Å². The molecule has 0 bridgehead atoms. The number of hydrogen-bond donors (Lipinski definition) is 4. The maximum absolute atomic E-state index is 10.3. The molecule has 1 aliphatic rings. The molecule has 0 aromatic carbocycles. The molecule has 1 heterocycles. The minimum atomic E-state index is -1.15. The molecule has 1 rings (SSSR count). The van der Waals surface area contributed by atoms with Crippen molar-refractivity contribution in [2.45, 2.75) is 6.35 Å². The first-order valence-corrected chi connectivity index (χ1v) is 2.33. The van der Waals surface area contributed by atoms with Crippen LogP contribution in [-0.4, -0.2) is 23.5 Å². The Bertz CT molecular complexity index is 150. The summed E-state index contributed by atoms with van der Waals surface area (Å²) in [6.45, 7) is 0. The molecule has 0 saturated carbocycles. The SMILES string of the molecule is O=C1NC(=O)[NH2+]C(O)N1.[Br-].[Cl-]. The van der Waals surface area contributed by atoms with E-state index in [0.29, 0.717) is 0 Å². The first-order chi connectivity index (χ1) is 4.18. The number of amides is 4. The lowest BCUT2D eigenvalue weighted by molar-refractivity contribution is -0.645. The number of aliphatic hydroxyl groups excluding tert-OH is 1. The second-order valence-corrected chi connectivity index (χ2v) is 1.57. The first-order valence-electron chi connectivity index (χ1n) is 2.33. The molecule has 66 valence electrons. The Kier molecular flexibility index (Phi) is 6.38. The largest absolute Gasteiger partial charge is 1.00 e. The van der Waals surface area contributed by atoms with Crippen molar-refractivity contribution in [3.8, 4) is 0 Å². The van der Waals surface area contributed by atoms with Crippen LogP contribution in [0.25, 0.3) is 0 Å². The molecule has 8 heteroatoms. The van der Waals surface area contributed by atoms with E-state index in [2.05, 4.69) is 0 Å². The van der Waals surface area contributed by atoms with E-state index in [0.717, 1.165) is 5.32 Å². The van der Waals surface area contributed by atoms with Crippen LogP contribution in [0.4, 0.5) is 9.59 Å². The number of primary amides is 1. The lowest BCUT2D eigenvalue weighted by atomic mass is 10.7. The van der Waals surface area contributed by atoms with Crippen molar-refractivity contribution in [1.82, 2.24) is 10.6 Å². The number of carbonyl (C=O) groups excluding carboxylic acids is 2. The summed E-state index contributed by atoms with van der Waals surface area (Å²) in [5, 5.41) is 13.5. The standard InChI is InChI=1S/C3H5N3O3.BrH.ClH/c7-1-4-2(8)6-3(9)5-1;;/h1,7H,(H3,4,5,6,8,9);2*1H/p-1. The van der Waals surface area contributed by atoms with Gasteiger partial charge in [0.2, 0.25) is 0 Å². The molecule has 5 N–H and O–H groups in total.